The van der Waals surface area contributed by atoms with Crippen LogP contribution >= 0.6 is 11.6 Å². The van der Waals surface area contributed by atoms with Gasteiger partial charge in [-0.15, -0.1) is 0 Å². The summed E-state index contributed by atoms with van der Waals surface area (Å²) in [7, 11) is 1.84. The van der Waals surface area contributed by atoms with E-state index in [1.165, 1.54) is 12.1 Å². The summed E-state index contributed by atoms with van der Waals surface area (Å²) in [5.74, 6) is -0.313. The molecule has 3 nitrogen and oxygen atoms in total. The minimum absolute atomic E-state index is 0.313. The number of hydrogen-bond acceptors (Lipinski definition) is 2. The van der Waals surface area contributed by atoms with Gasteiger partial charge in [-0.25, -0.2) is 4.39 Å². The van der Waals surface area contributed by atoms with Crippen LogP contribution in [0.2, 0.25) is 5.02 Å². The number of benzene rings is 1. The van der Waals surface area contributed by atoms with Crippen molar-refractivity contribution >= 4 is 17.3 Å². The molecule has 0 unspecified atom stereocenters. The molecular formula is C11H11ClFN3. The number of aryl methyl sites for hydroxylation is 1. The van der Waals surface area contributed by atoms with Crippen molar-refractivity contribution in [3.05, 3.63) is 47.0 Å². The highest BCUT2D eigenvalue weighted by Crippen LogP contribution is 2.19. The Bertz CT molecular complexity index is 496. The van der Waals surface area contributed by atoms with E-state index < -0.39 is 0 Å². The van der Waals surface area contributed by atoms with Gasteiger partial charge in [0, 0.05) is 18.3 Å². The van der Waals surface area contributed by atoms with E-state index in [1.807, 2.05) is 13.1 Å². The van der Waals surface area contributed by atoms with Crippen LogP contribution in [0.1, 0.15) is 5.69 Å². The van der Waals surface area contributed by atoms with Crippen LogP contribution in [0.15, 0.2) is 30.5 Å². The Morgan fingerprint density at radius 3 is 2.94 bits per heavy atom. The zero-order chi connectivity index (χ0) is 11.5. The largest absolute Gasteiger partial charge is 0.377 e. The van der Waals surface area contributed by atoms with Gasteiger partial charge < -0.3 is 5.32 Å². The molecule has 0 amide bonds. The highest BCUT2D eigenvalue weighted by molar-refractivity contribution is 6.30. The van der Waals surface area contributed by atoms with Crippen LogP contribution in [0.3, 0.4) is 0 Å². The van der Waals surface area contributed by atoms with Crippen LogP contribution in [0, 0.1) is 5.82 Å². The van der Waals surface area contributed by atoms with E-state index in [-0.39, 0.29) is 5.82 Å². The predicted octanol–water partition coefficient (Wildman–Crippen LogP) is 2.82. The molecule has 0 saturated heterocycles. The Labute approximate surface area is 97.8 Å². The van der Waals surface area contributed by atoms with E-state index in [0.717, 1.165) is 5.69 Å². The summed E-state index contributed by atoms with van der Waals surface area (Å²) < 4.78 is 15.1. The van der Waals surface area contributed by atoms with Crippen LogP contribution in [0.25, 0.3) is 0 Å². The first-order chi connectivity index (χ1) is 7.66. The molecule has 0 saturated carbocycles. The van der Waals surface area contributed by atoms with Gasteiger partial charge in [-0.3, -0.25) is 4.68 Å². The number of nitrogens with zero attached hydrogens (tertiary/aromatic N) is 2. The number of nitrogens with one attached hydrogen (secondary N) is 1. The Kier molecular flexibility index (Phi) is 3.10. The zero-order valence-electron chi connectivity index (χ0n) is 8.74. The van der Waals surface area contributed by atoms with Gasteiger partial charge in [-0.1, -0.05) is 11.6 Å². The van der Waals surface area contributed by atoms with Crippen molar-refractivity contribution in [2.75, 3.05) is 5.32 Å². The topological polar surface area (TPSA) is 29.9 Å². The van der Waals surface area contributed by atoms with Crippen molar-refractivity contribution in [3.63, 3.8) is 0 Å². The monoisotopic (exact) mass is 239 g/mol. The minimum Gasteiger partial charge on any atom is -0.377 e. The molecule has 84 valence electrons. The van der Waals surface area contributed by atoms with Crippen LogP contribution in [-0.4, -0.2) is 9.78 Å². The molecule has 1 N–H and O–H groups in total. The first-order valence-electron chi connectivity index (χ1n) is 4.82. The lowest BCUT2D eigenvalue weighted by molar-refractivity contribution is 0.629. The molecular weight excluding hydrogens is 229 g/mol. The first-order valence-corrected chi connectivity index (χ1v) is 5.20. The summed E-state index contributed by atoms with van der Waals surface area (Å²) in [5.41, 5.74) is 1.37. The van der Waals surface area contributed by atoms with Gasteiger partial charge in [0.1, 0.15) is 5.82 Å². The van der Waals surface area contributed by atoms with Crippen molar-refractivity contribution in [1.29, 1.82) is 0 Å². The van der Waals surface area contributed by atoms with E-state index in [0.29, 0.717) is 17.3 Å². The number of halogens is 2. The lowest BCUT2D eigenvalue weighted by atomic mass is 10.3. The second kappa shape index (κ2) is 4.53. The number of aromatic nitrogens is 2. The molecule has 0 atom stereocenters. The SMILES string of the molecule is Cn1nccc1CNc1cc(Cl)ccc1F. The van der Waals surface area contributed by atoms with E-state index in [1.54, 1.807) is 16.9 Å². The maximum absolute atomic E-state index is 13.4. The average Bonchev–Trinajstić information content (AvgIpc) is 2.66. The van der Waals surface area contributed by atoms with Gasteiger partial charge in [0.15, 0.2) is 0 Å². The maximum Gasteiger partial charge on any atom is 0.146 e. The minimum atomic E-state index is -0.313. The quantitative estimate of drug-likeness (QED) is 0.893. The Balaban J connectivity index is 2.10. The standard InChI is InChI=1S/C11H11ClFN3/c1-16-9(4-5-15-16)7-14-11-6-8(12)2-3-10(11)13/h2-6,14H,7H2,1H3. The van der Waals surface area contributed by atoms with Crippen molar-refractivity contribution in [1.82, 2.24) is 9.78 Å². The van der Waals surface area contributed by atoms with Crippen molar-refractivity contribution in [2.24, 2.45) is 7.05 Å². The molecule has 0 fully saturated rings. The highest BCUT2D eigenvalue weighted by atomic mass is 35.5. The summed E-state index contributed by atoms with van der Waals surface area (Å²) in [4.78, 5) is 0. The predicted molar refractivity (Wildman–Crippen MR) is 61.9 cm³/mol. The third kappa shape index (κ3) is 2.33. The smallest absolute Gasteiger partial charge is 0.146 e. The molecule has 2 rings (SSSR count). The number of anilines is 1. The summed E-state index contributed by atoms with van der Waals surface area (Å²) in [5, 5.41) is 7.51. The molecule has 0 radical (unpaired) electrons. The van der Waals surface area contributed by atoms with Crippen molar-refractivity contribution in [3.8, 4) is 0 Å². The molecule has 0 aliphatic carbocycles. The molecule has 1 heterocycles. The fraction of sp³-hybridized carbons (Fsp3) is 0.182. The second-order valence-corrected chi connectivity index (χ2v) is 3.86. The van der Waals surface area contributed by atoms with E-state index >= 15 is 0 Å². The summed E-state index contributed by atoms with van der Waals surface area (Å²) in [6, 6.07) is 6.29. The number of hydrogen-bond donors (Lipinski definition) is 1. The van der Waals surface area contributed by atoms with Gasteiger partial charge in [0.25, 0.3) is 0 Å². The van der Waals surface area contributed by atoms with Crippen LogP contribution < -0.4 is 5.32 Å². The van der Waals surface area contributed by atoms with Crippen LogP contribution in [0.4, 0.5) is 10.1 Å². The lowest BCUT2D eigenvalue weighted by Crippen LogP contribution is -2.06. The van der Waals surface area contributed by atoms with Gasteiger partial charge in [0.05, 0.1) is 17.9 Å². The van der Waals surface area contributed by atoms with E-state index in [2.05, 4.69) is 10.4 Å². The average molecular weight is 240 g/mol. The summed E-state index contributed by atoms with van der Waals surface area (Å²) in [6.45, 7) is 0.508. The summed E-state index contributed by atoms with van der Waals surface area (Å²) >= 11 is 5.78. The van der Waals surface area contributed by atoms with Gasteiger partial charge in [-0.2, -0.15) is 5.10 Å². The third-order valence-corrected chi connectivity index (χ3v) is 2.55. The molecule has 5 heteroatoms. The fourth-order valence-electron chi connectivity index (χ4n) is 1.39. The van der Waals surface area contributed by atoms with Crippen molar-refractivity contribution in [2.45, 2.75) is 6.54 Å². The molecule has 0 spiro atoms. The van der Waals surface area contributed by atoms with Crippen LogP contribution in [-0.2, 0) is 13.6 Å². The van der Waals surface area contributed by atoms with Gasteiger partial charge >= 0.3 is 0 Å². The Morgan fingerprint density at radius 2 is 2.25 bits per heavy atom. The number of rotatable bonds is 3. The fourth-order valence-corrected chi connectivity index (χ4v) is 1.57. The van der Waals surface area contributed by atoms with Gasteiger partial charge in [0.2, 0.25) is 0 Å². The summed E-state index contributed by atoms with van der Waals surface area (Å²) in [6.07, 6.45) is 1.70. The van der Waals surface area contributed by atoms with E-state index in [9.17, 15) is 4.39 Å². The molecule has 1 aromatic heterocycles. The van der Waals surface area contributed by atoms with Crippen molar-refractivity contribution < 1.29 is 4.39 Å². The molecule has 1 aromatic carbocycles. The van der Waals surface area contributed by atoms with E-state index in [4.69, 9.17) is 11.6 Å². The third-order valence-electron chi connectivity index (χ3n) is 2.31. The zero-order valence-corrected chi connectivity index (χ0v) is 9.50. The van der Waals surface area contributed by atoms with Gasteiger partial charge in [-0.05, 0) is 24.3 Å². The molecule has 16 heavy (non-hydrogen) atoms. The molecule has 2 aromatic rings. The Hall–Kier alpha value is -1.55. The van der Waals surface area contributed by atoms with Crippen LogP contribution in [0.5, 0.6) is 0 Å². The Morgan fingerprint density at radius 1 is 1.44 bits per heavy atom. The lowest BCUT2D eigenvalue weighted by Gasteiger charge is -2.08. The second-order valence-electron chi connectivity index (χ2n) is 3.42. The first kappa shape index (κ1) is 11.0. The molecule has 0 bridgehead atoms. The normalized spacial score (nSPS) is 10.4. The molecule has 0 aliphatic heterocycles. The molecule has 0 aliphatic rings. The highest BCUT2D eigenvalue weighted by Gasteiger charge is 2.03. The maximum atomic E-state index is 13.4.